The Morgan fingerprint density at radius 3 is 2.79 bits per heavy atom. The Morgan fingerprint density at radius 1 is 1.25 bits per heavy atom. The van der Waals surface area contributed by atoms with Gasteiger partial charge < -0.3 is 19.0 Å². The van der Waals surface area contributed by atoms with E-state index in [1.54, 1.807) is 7.11 Å². The van der Waals surface area contributed by atoms with Crippen molar-refractivity contribution >= 4 is 17.0 Å². The monoisotopic (exact) mass is 326 g/mol. The summed E-state index contributed by atoms with van der Waals surface area (Å²) >= 11 is 0. The van der Waals surface area contributed by atoms with Crippen molar-refractivity contribution < 1.29 is 13.9 Å². The van der Waals surface area contributed by atoms with Crippen molar-refractivity contribution in [3.05, 3.63) is 59.5 Å². The molecule has 2 heterocycles. The van der Waals surface area contributed by atoms with Crippen LogP contribution in [0.1, 0.15) is 28.2 Å². The van der Waals surface area contributed by atoms with Crippen molar-refractivity contribution in [1.82, 2.24) is 9.88 Å². The van der Waals surface area contributed by atoms with Crippen molar-refractivity contribution in [2.75, 3.05) is 20.3 Å². The van der Waals surface area contributed by atoms with Gasteiger partial charge >= 0.3 is 0 Å². The third kappa shape index (κ3) is 3.51. The first-order valence-electron chi connectivity index (χ1n) is 8.10. The SMILES string of the molecule is COCCCNC(=O)c1cc2oc(C)cc2n1Cc1ccccc1. The molecule has 0 spiro atoms. The lowest BCUT2D eigenvalue weighted by Gasteiger charge is -2.10. The average Bonchev–Trinajstić information content (AvgIpc) is 3.10. The third-order valence-electron chi connectivity index (χ3n) is 3.94. The number of methoxy groups -OCH3 is 1. The first-order valence-corrected chi connectivity index (χ1v) is 8.10. The Kier molecular flexibility index (Phi) is 5.01. The van der Waals surface area contributed by atoms with Crippen LogP contribution >= 0.6 is 0 Å². The van der Waals surface area contributed by atoms with E-state index in [9.17, 15) is 4.79 Å². The smallest absolute Gasteiger partial charge is 0.268 e. The van der Waals surface area contributed by atoms with E-state index in [-0.39, 0.29) is 5.91 Å². The van der Waals surface area contributed by atoms with E-state index in [2.05, 4.69) is 17.4 Å². The lowest BCUT2D eigenvalue weighted by Crippen LogP contribution is -2.27. The van der Waals surface area contributed by atoms with Gasteiger partial charge in [-0.2, -0.15) is 0 Å². The zero-order valence-corrected chi connectivity index (χ0v) is 14.0. The molecule has 3 rings (SSSR count). The van der Waals surface area contributed by atoms with Crippen LogP contribution in [0.3, 0.4) is 0 Å². The molecule has 0 aliphatic carbocycles. The van der Waals surface area contributed by atoms with Gasteiger partial charge in [-0.25, -0.2) is 0 Å². The Morgan fingerprint density at radius 2 is 2.04 bits per heavy atom. The number of carbonyl (C=O) groups is 1. The molecule has 5 heteroatoms. The normalized spacial score (nSPS) is 11.1. The number of ether oxygens (including phenoxy) is 1. The fourth-order valence-electron chi connectivity index (χ4n) is 2.80. The van der Waals surface area contributed by atoms with Crippen molar-refractivity contribution in [3.8, 4) is 0 Å². The lowest BCUT2D eigenvalue weighted by atomic mass is 10.2. The number of hydrogen-bond donors (Lipinski definition) is 1. The predicted molar refractivity (Wildman–Crippen MR) is 93.3 cm³/mol. The van der Waals surface area contributed by atoms with Crippen LogP contribution < -0.4 is 5.32 Å². The number of nitrogens with one attached hydrogen (secondary N) is 1. The van der Waals surface area contributed by atoms with Crippen molar-refractivity contribution in [2.24, 2.45) is 0 Å². The number of furan rings is 1. The summed E-state index contributed by atoms with van der Waals surface area (Å²) in [5, 5.41) is 2.94. The van der Waals surface area contributed by atoms with Gasteiger partial charge in [-0.05, 0) is 18.9 Å². The summed E-state index contributed by atoms with van der Waals surface area (Å²) in [6.07, 6.45) is 0.789. The molecule has 0 atom stereocenters. The molecule has 126 valence electrons. The Hall–Kier alpha value is -2.53. The molecule has 0 aliphatic heterocycles. The van der Waals surface area contributed by atoms with Crippen LogP contribution in [0.25, 0.3) is 11.1 Å². The predicted octanol–water partition coefficient (Wildman–Crippen LogP) is 3.36. The molecule has 0 saturated carbocycles. The summed E-state index contributed by atoms with van der Waals surface area (Å²) in [5.41, 5.74) is 3.44. The molecule has 1 aromatic carbocycles. The highest BCUT2D eigenvalue weighted by atomic mass is 16.5. The number of aryl methyl sites for hydroxylation is 1. The number of fused-ring (bicyclic) bond motifs is 1. The fraction of sp³-hybridized carbons (Fsp3) is 0.316. The topological polar surface area (TPSA) is 56.4 Å². The highest BCUT2D eigenvalue weighted by Crippen LogP contribution is 2.25. The van der Waals surface area contributed by atoms with Gasteiger partial charge in [0.15, 0.2) is 5.58 Å². The maximum Gasteiger partial charge on any atom is 0.268 e. The number of benzene rings is 1. The second-order valence-corrected chi connectivity index (χ2v) is 5.81. The molecule has 24 heavy (non-hydrogen) atoms. The molecule has 0 saturated heterocycles. The molecule has 1 amide bonds. The molecule has 0 fully saturated rings. The summed E-state index contributed by atoms with van der Waals surface area (Å²) in [5.74, 6) is 0.750. The molecule has 2 aromatic heterocycles. The van der Waals surface area contributed by atoms with E-state index in [1.807, 2.05) is 41.8 Å². The number of amides is 1. The minimum atomic E-state index is -0.0916. The van der Waals surface area contributed by atoms with Gasteiger partial charge in [0.1, 0.15) is 11.5 Å². The Balaban J connectivity index is 1.87. The van der Waals surface area contributed by atoms with Crippen LogP contribution in [-0.2, 0) is 11.3 Å². The van der Waals surface area contributed by atoms with Crippen LogP contribution in [0.4, 0.5) is 0 Å². The summed E-state index contributed by atoms with van der Waals surface area (Å²) in [6, 6.07) is 13.9. The molecule has 5 nitrogen and oxygen atoms in total. The van der Waals surface area contributed by atoms with Crippen LogP contribution in [0.5, 0.6) is 0 Å². The summed E-state index contributed by atoms with van der Waals surface area (Å²) < 4.78 is 12.7. The summed E-state index contributed by atoms with van der Waals surface area (Å²) in [6.45, 7) is 3.76. The van der Waals surface area contributed by atoms with Gasteiger partial charge in [-0.15, -0.1) is 0 Å². The molecule has 3 aromatic rings. The second kappa shape index (κ2) is 7.36. The molecule has 0 bridgehead atoms. The van der Waals surface area contributed by atoms with Gasteiger partial charge in [0, 0.05) is 38.9 Å². The van der Waals surface area contributed by atoms with E-state index in [0.29, 0.717) is 25.4 Å². The van der Waals surface area contributed by atoms with Crippen LogP contribution in [0.15, 0.2) is 46.9 Å². The summed E-state index contributed by atoms with van der Waals surface area (Å²) in [7, 11) is 1.66. The Labute approximate surface area is 141 Å². The van der Waals surface area contributed by atoms with E-state index in [1.165, 1.54) is 0 Å². The number of nitrogens with zero attached hydrogens (tertiary/aromatic N) is 1. The zero-order chi connectivity index (χ0) is 16.9. The molecule has 0 radical (unpaired) electrons. The van der Waals surface area contributed by atoms with Crippen molar-refractivity contribution in [1.29, 1.82) is 0 Å². The number of hydrogen-bond acceptors (Lipinski definition) is 3. The van der Waals surface area contributed by atoms with Gasteiger partial charge in [0.05, 0.1) is 5.52 Å². The molecular formula is C19H22N2O3. The molecule has 0 aliphatic rings. The maximum atomic E-state index is 12.6. The summed E-state index contributed by atoms with van der Waals surface area (Å²) in [4.78, 5) is 12.6. The zero-order valence-electron chi connectivity index (χ0n) is 14.0. The van der Waals surface area contributed by atoms with Crippen LogP contribution in [0.2, 0.25) is 0 Å². The third-order valence-corrected chi connectivity index (χ3v) is 3.94. The number of rotatable bonds is 7. The molecule has 1 N–H and O–H groups in total. The van der Waals surface area contributed by atoms with Gasteiger partial charge in [-0.3, -0.25) is 4.79 Å². The molecular weight excluding hydrogens is 304 g/mol. The Bertz CT molecular complexity index is 818. The first kappa shape index (κ1) is 16.3. The van der Waals surface area contributed by atoms with Gasteiger partial charge in [-0.1, -0.05) is 30.3 Å². The average molecular weight is 326 g/mol. The second-order valence-electron chi connectivity index (χ2n) is 5.81. The van der Waals surface area contributed by atoms with Crippen LogP contribution in [0, 0.1) is 6.92 Å². The number of aromatic nitrogens is 1. The first-order chi connectivity index (χ1) is 11.7. The van der Waals surface area contributed by atoms with Crippen molar-refractivity contribution in [2.45, 2.75) is 19.9 Å². The highest BCUT2D eigenvalue weighted by molar-refractivity contribution is 5.97. The minimum Gasteiger partial charge on any atom is -0.460 e. The largest absolute Gasteiger partial charge is 0.460 e. The van der Waals surface area contributed by atoms with Gasteiger partial charge in [0.25, 0.3) is 5.91 Å². The lowest BCUT2D eigenvalue weighted by molar-refractivity contribution is 0.0940. The number of carbonyl (C=O) groups excluding carboxylic acids is 1. The van der Waals surface area contributed by atoms with E-state index < -0.39 is 0 Å². The molecule has 0 unspecified atom stereocenters. The van der Waals surface area contributed by atoms with Gasteiger partial charge in [0.2, 0.25) is 0 Å². The van der Waals surface area contributed by atoms with Crippen molar-refractivity contribution in [3.63, 3.8) is 0 Å². The van der Waals surface area contributed by atoms with E-state index in [0.717, 1.165) is 28.8 Å². The fourth-order valence-corrected chi connectivity index (χ4v) is 2.80. The standard InChI is InChI=1S/C19H22N2O3/c1-14-11-16-18(24-14)12-17(19(22)20-9-6-10-23-2)21(16)13-15-7-4-3-5-8-15/h3-5,7-8,11-12H,6,9-10,13H2,1-2H3,(H,20,22). The van der Waals surface area contributed by atoms with Crippen LogP contribution in [-0.4, -0.2) is 30.7 Å². The maximum absolute atomic E-state index is 12.6. The van der Waals surface area contributed by atoms with E-state index in [4.69, 9.17) is 9.15 Å². The highest BCUT2D eigenvalue weighted by Gasteiger charge is 2.18. The quantitative estimate of drug-likeness (QED) is 0.677. The van der Waals surface area contributed by atoms with E-state index >= 15 is 0 Å². The minimum absolute atomic E-state index is 0.0916.